The van der Waals surface area contributed by atoms with Gasteiger partial charge in [-0.1, -0.05) is 6.07 Å². The number of carbonyl (C=O) groups is 2. The smallest absolute Gasteiger partial charge is 0.221 e. The van der Waals surface area contributed by atoms with E-state index in [2.05, 4.69) is 16.0 Å². The Morgan fingerprint density at radius 2 is 2.22 bits per heavy atom. The van der Waals surface area contributed by atoms with Crippen molar-refractivity contribution in [2.75, 3.05) is 25.0 Å². The van der Waals surface area contributed by atoms with Gasteiger partial charge >= 0.3 is 0 Å². The van der Waals surface area contributed by atoms with Gasteiger partial charge in [0.25, 0.3) is 0 Å². The molecule has 23 heavy (non-hydrogen) atoms. The molecular formula is C16H24ClN3O3. The van der Waals surface area contributed by atoms with E-state index in [-0.39, 0.29) is 24.2 Å². The summed E-state index contributed by atoms with van der Waals surface area (Å²) in [4.78, 5) is 22.7. The molecule has 0 aliphatic carbocycles. The highest BCUT2D eigenvalue weighted by Crippen LogP contribution is 2.17. The first kappa shape index (κ1) is 19.3. The summed E-state index contributed by atoms with van der Waals surface area (Å²) in [6.45, 7) is 3.33. The van der Waals surface area contributed by atoms with Gasteiger partial charge in [-0.3, -0.25) is 9.59 Å². The maximum absolute atomic E-state index is 11.7. The highest BCUT2D eigenvalue weighted by atomic mass is 35.5. The van der Waals surface area contributed by atoms with Gasteiger partial charge in [0, 0.05) is 31.1 Å². The van der Waals surface area contributed by atoms with Crippen molar-refractivity contribution in [3.05, 3.63) is 24.3 Å². The van der Waals surface area contributed by atoms with Crippen LogP contribution in [0.5, 0.6) is 5.75 Å². The average Bonchev–Trinajstić information content (AvgIpc) is 2.96. The summed E-state index contributed by atoms with van der Waals surface area (Å²) in [6.07, 6.45) is 2.74. The molecule has 1 unspecified atom stereocenters. The van der Waals surface area contributed by atoms with Crippen LogP contribution in [0.1, 0.15) is 26.2 Å². The third kappa shape index (κ3) is 7.34. The Bertz CT molecular complexity index is 519. The topological polar surface area (TPSA) is 79.5 Å². The Balaban J connectivity index is 0.00000264. The van der Waals surface area contributed by atoms with Gasteiger partial charge in [0.1, 0.15) is 12.4 Å². The maximum atomic E-state index is 11.7. The second kappa shape index (κ2) is 10.1. The van der Waals surface area contributed by atoms with Gasteiger partial charge in [-0.05, 0) is 31.5 Å². The molecule has 1 aliphatic heterocycles. The van der Waals surface area contributed by atoms with Crippen molar-refractivity contribution < 1.29 is 14.3 Å². The number of hydrogen-bond donors (Lipinski definition) is 3. The van der Waals surface area contributed by atoms with E-state index < -0.39 is 0 Å². The third-order valence-corrected chi connectivity index (χ3v) is 3.44. The quantitative estimate of drug-likeness (QED) is 0.660. The third-order valence-electron chi connectivity index (χ3n) is 3.44. The first-order valence-corrected chi connectivity index (χ1v) is 7.64. The Labute approximate surface area is 142 Å². The van der Waals surface area contributed by atoms with Gasteiger partial charge < -0.3 is 20.7 Å². The summed E-state index contributed by atoms with van der Waals surface area (Å²) >= 11 is 0. The number of nitrogens with one attached hydrogen (secondary N) is 3. The number of ether oxygens (including phenoxy) is 1. The minimum Gasteiger partial charge on any atom is -0.492 e. The molecule has 2 amide bonds. The fraction of sp³-hybridized carbons (Fsp3) is 0.500. The lowest BCUT2D eigenvalue weighted by atomic mass is 10.1. The van der Waals surface area contributed by atoms with Crippen LogP contribution in [-0.2, 0) is 9.59 Å². The molecule has 0 aromatic heterocycles. The van der Waals surface area contributed by atoms with Crippen LogP contribution in [-0.4, -0.2) is 37.6 Å². The fourth-order valence-electron chi connectivity index (χ4n) is 2.45. The van der Waals surface area contributed by atoms with Crippen molar-refractivity contribution in [2.24, 2.45) is 0 Å². The van der Waals surface area contributed by atoms with Crippen molar-refractivity contribution in [1.29, 1.82) is 0 Å². The van der Waals surface area contributed by atoms with E-state index in [0.717, 1.165) is 19.4 Å². The maximum Gasteiger partial charge on any atom is 0.221 e. The minimum atomic E-state index is -0.120. The van der Waals surface area contributed by atoms with E-state index in [1.54, 1.807) is 12.1 Å². The minimum absolute atomic E-state index is 0. The van der Waals surface area contributed by atoms with Crippen LogP contribution in [0.4, 0.5) is 5.69 Å². The van der Waals surface area contributed by atoms with E-state index in [4.69, 9.17) is 4.74 Å². The SMILES string of the molecule is CC(=O)Nc1cccc(OCCNC(=O)CC2CCCN2)c1.Cl. The Morgan fingerprint density at radius 1 is 1.39 bits per heavy atom. The van der Waals surface area contributed by atoms with E-state index in [1.807, 2.05) is 12.1 Å². The van der Waals surface area contributed by atoms with Gasteiger partial charge in [-0.15, -0.1) is 12.4 Å². The Hall–Kier alpha value is -1.79. The van der Waals surface area contributed by atoms with Crippen LogP contribution in [0.2, 0.25) is 0 Å². The van der Waals surface area contributed by atoms with Crippen LogP contribution in [0, 0.1) is 0 Å². The summed E-state index contributed by atoms with van der Waals surface area (Å²) < 4.78 is 5.57. The lowest BCUT2D eigenvalue weighted by Crippen LogP contribution is -2.33. The fourth-order valence-corrected chi connectivity index (χ4v) is 2.45. The molecular weight excluding hydrogens is 318 g/mol. The molecule has 1 aromatic rings. The van der Waals surface area contributed by atoms with Crippen molar-refractivity contribution in [3.8, 4) is 5.75 Å². The summed E-state index contributed by atoms with van der Waals surface area (Å²) in [7, 11) is 0. The molecule has 1 fully saturated rings. The first-order chi connectivity index (χ1) is 10.6. The summed E-state index contributed by atoms with van der Waals surface area (Å²) in [6, 6.07) is 7.49. The Morgan fingerprint density at radius 3 is 2.91 bits per heavy atom. The lowest BCUT2D eigenvalue weighted by molar-refractivity contribution is -0.121. The van der Waals surface area contributed by atoms with E-state index in [9.17, 15) is 9.59 Å². The molecule has 6 nitrogen and oxygen atoms in total. The number of anilines is 1. The first-order valence-electron chi connectivity index (χ1n) is 7.64. The molecule has 2 rings (SSSR count). The molecule has 0 bridgehead atoms. The Kier molecular flexibility index (Phi) is 8.43. The molecule has 128 valence electrons. The molecule has 1 atom stereocenters. The highest BCUT2D eigenvalue weighted by Gasteiger charge is 2.17. The summed E-state index contributed by atoms with van der Waals surface area (Å²) in [5, 5.41) is 8.85. The van der Waals surface area contributed by atoms with Crippen LogP contribution in [0.25, 0.3) is 0 Å². The molecule has 7 heteroatoms. The monoisotopic (exact) mass is 341 g/mol. The largest absolute Gasteiger partial charge is 0.492 e. The summed E-state index contributed by atoms with van der Waals surface area (Å²) in [5.41, 5.74) is 0.696. The van der Waals surface area contributed by atoms with Gasteiger partial charge in [-0.2, -0.15) is 0 Å². The zero-order chi connectivity index (χ0) is 15.8. The van der Waals surface area contributed by atoms with Gasteiger partial charge in [-0.25, -0.2) is 0 Å². The van der Waals surface area contributed by atoms with Crippen LogP contribution >= 0.6 is 12.4 Å². The van der Waals surface area contributed by atoms with Crippen molar-refractivity contribution in [2.45, 2.75) is 32.2 Å². The van der Waals surface area contributed by atoms with Gasteiger partial charge in [0.2, 0.25) is 11.8 Å². The molecule has 1 aliphatic rings. The molecule has 0 saturated carbocycles. The highest BCUT2D eigenvalue weighted by molar-refractivity contribution is 5.88. The second-order valence-corrected chi connectivity index (χ2v) is 5.40. The number of carbonyl (C=O) groups excluding carboxylic acids is 2. The zero-order valence-electron chi connectivity index (χ0n) is 13.3. The normalized spacial score (nSPS) is 16.3. The molecule has 1 heterocycles. The number of hydrogen-bond acceptors (Lipinski definition) is 4. The van der Waals surface area contributed by atoms with E-state index >= 15 is 0 Å². The standard InChI is InChI=1S/C16H23N3O3.ClH/c1-12(20)19-14-4-2-6-15(10-14)22-9-8-18-16(21)11-13-5-3-7-17-13;/h2,4,6,10,13,17H,3,5,7-9,11H2,1H3,(H,18,21)(H,19,20);1H. The summed E-state index contributed by atoms with van der Waals surface area (Å²) in [5.74, 6) is 0.595. The van der Waals surface area contributed by atoms with Crippen LogP contribution < -0.4 is 20.7 Å². The predicted octanol–water partition coefficient (Wildman–Crippen LogP) is 1.70. The van der Waals surface area contributed by atoms with Crippen molar-refractivity contribution in [1.82, 2.24) is 10.6 Å². The van der Waals surface area contributed by atoms with Crippen LogP contribution in [0.3, 0.4) is 0 Å². The number of halogens is 1. The molecule has 1 saturated heterocycles. The van der Waals surface area contributed by atoms with Crippen molar-refractivity contribution in [3.63, 3.8) is 0 Å². The van der Waals surface area contributed by atoms with E-state index in [1.165, 1.54) is 6.92 Å². The van der Waals surface area contributed by atoms with E-state index in [0.29, 0.717) is 37.1 Å². The molecule has 1 aromatic carbocycles. The molecule has 0 radical (unpaired) electrons. The number of benzene rings is 1. The average molecular weight is 342 g/mol. The van der Waals surface area contributed by atoms with Crippen molar-refractivity contribution >= 4 is 29.9 Å². The number of rotatable bonds is 7. The molecule has 3 N–H and O–H groups in total. The van der Waals surface area contributed by atoms with Crippen LogP contribution in [0.15, 0.2) is 24.3 Å². The predicted molar refractivity (Wildman–Crippen MR) is 92.1 cm³/mol. The lowest BCUT2D eigenvalue weighted by Gasteiger charge is -2.11. The van der Waals surface area contributed by atoms with Gasteiger partial charge in [0.05, 0.1) is 6.54 Å². The molecule has 0 spiro atoms. The number of amides is 2. The second-order valence-electron chi connectivity index (χ2n) is 5.40. The van der Waals surface area contributed by atoms with Gasteiger partial charge in [0.15, 0.2) is 0 Å². The zero-order valence-corrected chi connectivity index (χ0v) is 14.1.